The van der Waals surface area contributed by atoms with E-state index in [1.165, 1.54) is 11.1 Å². The third-order valence-corrected chi connectivity index (χ3v) is 2.85. The maximum Gasteiger partial charge on any atom is 0.328 e. The number of anilines is 1. The second-order valence-electron chi connectivity index (χ2n) is 3.33. The van der Waals surface area contributed by atoms with Gasteiger partial charge >= 0.3 is 12.0 Å². The minimum Gasteiger partial charge on any atom is -0.480 e. The van der Waals surface area contributed by atoms with Gasteiger partial charge in [0.05, 0.1) is 19.4 Å². The van der Waals surface area contributed by atoms with E-state index in [4.69, 9.17) is 9.84 Å². The lowest BCUT2D eigenvalue weighted by atomic mass is 10.2. The molecule has 1 aliphatic heterocycles. The van der Waals surface area contributed by atoms with Crippen molar-refractivity contribution < 1.29 is 19.4 Å². The SMILES string of the molecule is O=C(O)C1COCCN1C(=O)Nc1cnns1. The summed E-state index contributed by atoms with van der Waals surface area (Å²) in [5, 5.41) is 15.5. The molecule has 2 amide bonds. The van der Waals surface area contributed by atoms with Crippen LogP contribution in [0.3, 0.4) is 0 Å². The minimum absolute atomic E-state index is 0.00366. The van der Waals surface area contributed by atoms with Crippen LogP contribution < -0.4 is 5.32 Å². The number of rotatable bonds is 2. The van der Waals surface area contributed by atoms with Gasteiger partial charge < -0.3 is 14.7 Å². The molecule has 0 aliphatic carbocycles. The predicted molar refractivity (Wildman–Crippen MR) is 57.9 cm³/mol. The largest absolute Gasteiger partial charge is 0.480 e. The summed E-state index contributed by atoms with van der Waals surface area (Å²) in [5.41, 5.74) is 0. The van der Waals surface area contributed by atoms with Gasteiger partial charge in [0, 0.05) is 18.1 Å². The molecule has 2 N–H and O–H groups in total. The Morgan fingerprint density at radius 2 is 2.47 bits per heavy atom. The predicted octanol–water partition coefficient (Wildman–Crippen LogP) is -0.145. The van der Waals surface area contributed by atoms with Crippen molar-refractivity contribution >= 4 is 28.5 Å². The summed E-state index contributed by atoms with van der Waals surface area (Å²) >= 11 is 1.03. The summed E-state index contributed by atoms with van der Waals surface area (Å²) < 4.78 is 8.63. The Morgan fingerprint density at radius 1 is 1.65 bits per heavy atom. The van der Waals surface area contributed by atoms with Crippen LogP contribution in [0.2, 0.25) is 0 Å². The maximum absolute atomic E-state index is 11.8. The van der Waals surface area contributed by atoms with E-state index in [0.717, 1.165) is 11.5 Å². The summed E-state index contributed by atoms with van der Waals surface area (Å²) in [6, 6.07) is -1.43. The monoisotopic (exact) mass is 258 g/mol. The Morgan fingerprint density at radius 3 is 3.12 bits per heavy atom. The van der Waals surface area contributed by atoms with Crippen LogP contribution in [0.15, 0.2) is 6.20 Å². The second kappa shape index (κ2) is 5.06. The van der Waals surface area contributed by atoms with Crippen LogP contribution in [0, 0.1) is 0 Å². The summed E-state index contributed by atoms with van der Waals surface area (Å²) in [4.78, 5) is 24.0. The molecule has 1 aromatic rings. The van der Waals surface area contributed by atoms with Gasteiger partial charge in [-0.25, -0.2) is 9.59 Å². The first kappa shape index (κ1) is 11.7. The molecule has 0 saturated carbocycles. The fraction of sp³-hybridized carbons (Fsp3) is 0.500. The summed E-state index contributed by atoms with van der Waals surface area (Å²) in [6.07, 6.45) is 1.40. The summed E-state index contributed by atoms with van der Waals surface area (Å²) in [5.74, 6) is -1.08. The van der Waals surface area contributed by atoms with Crippen LogP contribution >= 0.6 is 11.5 Å². The lowest BCUT2D eigenvalue weighted by molar-refractivity contribution is -0.147. The number of hydrogen-bond acceptors (Lipinski definition) is 6. The van der Waals surface area contributed by atoms with E-state index in [0.29, 0.717) is 11.6 Å². The fourth-order valence-electron chi connectivity index (χ4n) is 1.45. The van der Waals surface area contributed by atoms with E-state index >= 15 is 0 Å². The normalized spacial score (nSPS) is 20.0. The first-order valence-corrected chi connectivity index (χ1v) is 5.61. The first-order valence-electron chi connectivity index (χ1n) is 4.84. The molecule has 92 valence electrons. The Balaban J connectivity index is 2.03. The molecule has 2 heterocycles. The smallest absolute Gasteiger partial charge is 0.328 e. The van der Waals surface area contributed by atoms with Gasteiger partial charge in [0.1, 0.15) is 5.00 Å². The van der Waals surface area contributed by atoms with E-state index < -0.39 is 18.0 Å². The molecule has 0 radical (unpaired) electrons. The highest BCUT2D eigenvalue weighted by molar-refractivity contribution is 7.10. The number of nitrogens with zero attached hydrogens (tertiary/aromatic N) is 3. The minimum atomic E-state index is -1.08. The molecule has 1 aliphatic rings. The highest BCUT2D eigenvalue weighted by atomic mass is 32.1. The van der Waals surface area contributed by atoms with Crippen LogP contribution in [0.25, 0.3) is 0 Å². The van der Waals surface area contributed by atoms with Gasteiger partial charge in [-0.2, -0.15) is 0 Å². The number of carbonyl (C=O) groups is 2. The van der Waals surface area contributed by atoms with E-state index in [2.05, 4.69) is 14.9 Å². The van der Waals surface area contributed by atoms with Gasteiger partial charge in [0.25, 0.3) is 0 Å². The average molecular weight is 258 g/mol. The number of nitrogens with one attached hydrogen (secondary N) is 1. The molecule has 8 nitrogen and oxygen atoms in total. The molecule has 17 heavy (non-hydrogen) atoms. The number of morpholine rings is 1. The molecule has 1 fully saturated rings. The fourth-order valence-corrected chi connectivity index (χ4v) is 1.86. The van der Waals surface area contributed by atoms with E-state index in [1.807, 2.05) is 0 Å². The standard InChI is InChI=1S/C8H10N4O4S/c13-7(14)5-4-16-2-1-12(5)8(15)10-6-3-9-11-17-6/h3,5H,1-2,4H2,(H,10,15)(H,13,14). The molecule has 1 atom stereocenters. The molecule has 2 rings (SSSR count). The first-order chi connectivity index (χ1) is 8.18. The number of amides is 2. The molecular formula is C8H10N4O4S. The molecule has 0 spiro atoms. The number of ether oxygens (including phenoxy) is 1. The molecule has 1 aromatic heterocycles. The van der Waals surface area contributed by atoms with E-state index in [1.54, 1.807) is 0 Å². The molecule has 9 heteroatoms. The second-order valence-corrected chi connectivity index (χ2v) is 4.12. The highest BCUT2D eigenvalue weighted by Crippen LogP contribution is 2.13. The van der Waals surface area contributed by atoms with Gasteiger partial charge in [-0.1, -0.05) is 4.49 Å². The van der Waals surface area contributed by atoms with Crippen molar-refractivity contribution in [2.45, 2.75) is 6.04 Å². The van der Waals surface area contributed by atoms with Crippen molar-refractivity contribution in [2.24, 2.45) is 0 Å². The third-order valence-electron chi connectivity index (χ3n) is 2.27. The van der Waals surface area contributed by atoms with Gasteiger partial charge in [-0.3, -0.25) is 5.32 Å². The van der Waals surface area contributed by atoms with Crippen molar-refractivity contribution in [1.82, 2.24) is 14.5 Å². The zero-order valence-electron chi connectivity index (χ0n) is 8.70. The lowest BCUT2D eigenvalue weighted by Gasteiger charge is -2.32. The zero-order valence-corrected chi connectivity index (χ0v) is 9.51. The quantitative estimate of drug-likeness (QED) is 0.764. The molecule has 1 saturated heterocycles. The van der Waals surface area contributed by atoms with Crippen molar-refractivity contribution in [3.63, 3.8) is 0 Å². The number of hydrogen-bond donors (Lipinski definition) is 2. The Labute approximate surface area is 100 Å². The van der Waals surface area contributed by atoms with Gasteiger partial charge in [-0.05, 0) is 0 Å². The molecule has 0 bridgehead atoms. The molecule has 1 unspecified atom stereocenters. The zero-order chi connectivity index (χ0) is 12.3. The van der Waals surface area contributed by atoms with E-state index in [-0.39, 0.29) is 13.2 Å². The lowest BCUT2D eigenvalue weighted by Crippen LogP contribution is -2.53. The molecule has 0 aromatic carbocycles. The number of carboxylic acids is 1. The van der Waals surface area contributed by atoms with Crippen molar-refractivity contribution in [1.29, 1.82) is 0 Å². The van der Waals surface area contributed by atoms with Gasteiger partial charge in [0.15, 0.2) is 6.04 Å². The molecular weight excluding hydrogens is 248 g/mol. The van der Waals surface area contributed by atoms with Crippen molar-refractivity contribution in [3.8, 4) is 0 Å². The van der Waals surface area contributed by atoms with Crippen LogP contribution in [-0.2, 0) is 9.53 Å². The number of urea groups is 1. The van der Waals surface area contributed by atoms with Crippen molar-refractivity contribution in [2.75, 3.05) is 25.1 Å². The Bertz CT molecular complexity index is 410. The van der Waals surface area contributed by atoms with Crippen molar-refractivity contribution in [3.05, 3.63) is 6.20 Å². The van der Waals surface area contributed by atoms with Crippen LogP contribution in [0.5, 0.6) is 0 Å². The van der Waals surface area contributed by atoms with E-state index in [9.17, 15) is 9.59 Å². The topological polar surface area (TPSA) is 105 Å². The van der Waals surface area contributed by atoms with Crippen LogP contribution in [-0.4, -0.2) is 57.4 Å². The van der Waals surface area contributed by atoms with Gasteiger partial charge in [0.2, 0.25) is 0 Å². The Hall–Kier alpha value is -1.74. The number of aliphatic carboxylic acids is 1. The maximum atomic E-state index is 11.8. The summed E-state index contributed by atoms with van der Waals surface area (Å²) in [6.45, 7) is 0.580. The number of aromatic nitrogens is 2. The average Bonchev–Trinajstić information content (AvgIpc) is 2.81. The van der Waals surface area contributed by atoms with Crippen LogP contribution in [0.4, 0.5) is 9.80 Å². The Kier molecular flexibility index (Phi) is 3.49. The highest BCUT2D eigenvalue weighted by Gasteiger charge is 2.32. The number of carboxylic acid groups (broad SMARTS) is 1. The number of carbonyl (C=O) groups excluding carboxylic acids is 1. The van der Waals surface area contributed by atoms with Gasteiger partial charge in [-0.15, -0.1) is 5.10 Å². The van der Waals surface area contributed by atoms with Crippen LogP contribution in [0.1, 0.15) is 0 Å². The third kappa shape index (κ3) is 2.68. The summed E-state index contributed by atoms with van der Waals surface area (Å²) in [7, 11) is 0.